The lowest BCUT2D eigenvalue weighted by atomic mass is 9.89. The highest BCUT2D eigenvalue weighted by molar-refractivity contribution is 6.33. The molecule has 0 spiro atoms. The topological polar surface area (TPSA) is 32.7 Å². The predicted octanol–water partition coefficient (Wildman–Crippen LogP) is 28.5. The maximum absolute atomic E-state index is 2.61. The van der Waals surface area contributed by atoms with Crippen LogP contribution < -0.4 is 19.6 Å². The van der Waals surface area contributed by atoms with Gasteiger partial charge in [-0.3, -0.25) is 37.9 Å². The van der Waals surface area contributed by atoms with Crippen LogP contribution in [0.5, 0.6) is 0 Å². The molecule has 0 amide bonds. The van der Waals surface area contributed by atoms with Crippen molar-refractivity contribution >= 4 is 145 Å². The summed E-state index contributed by atoms with van der Waals surface area (Å²) in [6.45, 7) is 9.31. The van der Waals surface area contributed by atoms with E-state index in [0.29, 0.717) is 0 Å². The quantitative estimate of drug-likeness (QED) is 0.0712. The lowest BCUT2D eigenvalue weighted by Gasteiger charge is -2.36. The van der Waals surface area contributed by atoms with Gasteiger partial charge in [-0.15, -0.1) is 0 Å². The van der Waals surface area contributed by atoms with Crippen LogP contribution in [0.25, 0.3) is 98.7 Å². The molecule has 4 heterocycles. The molecule has 0 fully saturated rings. The molecule has 0 aliphatic heterocycles. The zero-order valence-corrected chi connectivity index (χ0v) is 63.2. The van der Waals surface area contributed by atoms with Gasteiger partial charge in [0.1, 0.15) is 23.3 Å². The van der Waals surface area contributed by atoms with Gasteiger partial charge in [-0.1, -0.05) is 270 Å². The van der Waals surface area contributed by atoms with Gasteiger partial charge in [0.05, 0.1) is 44.8 Å². The van der Waals surface area contributed by atoms with Crippen LogP contribution in [0.1, 0.15) is 49.9 Å². The maximum Gasteiger partial charge on any atom is 0.126 e. The SMILES string of the molecule is CCc1c(N(c2ccccc2)c2cc(N(c3ccccc3)c3c(CC)c4ccccc4n3-c3ccccc3)c3ccc4c(N(c5ccccc5)c5c(CC)c6ccccc6n5-c5ccccc5)cc(N(c5ccccc5)c5c(CC)c6ccccc6n5-c5ccccc5)c5ccc2c3c54)n(-c2ccccc2)c2ccccc12. The first-order chi connectivity index (χ1) is 55.5. The van der Waals surface area contributed by atoms with Crippen molar-refractivity contribution in [1.82, 2.24) is 18.3 Å². The maximum atomic E-state index is 2.61. The van der Waals surface area contributed by atoms with Crippen molar-refractivity contribution in [3.8, 4) is 22.7 Å². The highest BCUT2D eigenvalue weighted by Crippen LogP contribution is 2.59. The van der Waals surface area contributed by atoms with Gasteiger partial charge in [0.2, 0.25) is 0 Å². The molecule has 0 radical (unpaired) electrons. The van der Waals surface area contributed by atoms with Crippen LogP contribution in [0.4, 0.5) is 68.8 Å². The van der Waals surface area contributed by atoms with E-state index < -0.39 is 0 Å². The van der Waals surface area contributed by atoms with E-state index in [2.05, 4.69) is 442 Å². The largest absolute Gasteiger partial charge is 0.295 e. The van der Waals surface area contributed by atoms with Crippen LogP contribution >= 0.6 is 0 Å². The number of aryl methyl sites for hydroxylation is 4. The minimum Gasteiger partial charge on any atom is -0.295 e. The first-order valence-corrected chi connectivity index (χ1v) is 39.4. The number of nitrogens with zero attached hydrogens (tertiary/aromatic N) is 8. The van der Waals surface area contributed by atoms with Crippen LogP contribution in [-0.4, -0.2) is 18.3 Å². The molecule has 0 unspecified atom stereocenters. The molecule has 20 aromatic rings. The summed E-state index contributed by atoms with van der Waals surface area (Å²) in [5, 5.41) is 11.5. The van der Waals surface area contributed by atoms with Gasteiger partial charge >= 0.3 is 0 Å². The molecule has 8 heteroatoms. The van der Waals surface area contributed by atoms with E-state index in [9.17, 15) is 0 Å². The van der Waals surface area contributed by atoms with Crippen LogP contribution in [0, 0.1) is 0 Å². The fourth-order valence-electron chi connectivity index (χ4n) is 18.3. The standard InChI is InChI=1S/C104H82N8/c1-5-79-83-57-33-37-61-91(83)105(71-41-17-9-18-42-71)101(79)109(75-49-25-13-26-50-75)95-69-96(110(76-51-27-14-28-52-76)102-80(6-2)84-58-34-38-62-92(84)106(102)72-43-19-10-20-44-72)88-67-68-90-98(112(78-55-31-16-32-56-78)104-82(8-4)86-60-36-40-64-94(86)108(104)74-47-23-12-24-48-74)70-97(89-66-65-87(95)99(88)100(89)90)111(77-53-29-15-30-54-77)103-81(7-3)85-59-35-39-63-93(85)107(103)73-45-21-11-22-46-73/h9-70H,5-8H2,1-4H3. The Morgan fingerprint density at radius 3 is 0.562 bits per heavy atom. The summed E-state index contributed by atoms with van der Waals surface area (Å²) in [6, 6.07) is 140. The van der Waals surface area contributed by atoms with Crippen molar-refractivity contribution < 1.29 is 0 Å². The molecule has 0 atom stereocenters. The van der Waals surface area contributed by atoms with Gasteiger partial charge in [-0.25, -0.2) is 0 Å². The number of fused-ring (bicyclic) bond motifs is 4. The molecule has 0 N–H and O–H groups in total. The summed E-state index contributed by atoms with van der Waals surface area (Å²) in [4.78, 5) is 10.5. The van der Waals surface area contributed by atoms with Gasteiger partial charge in [-0.05, 0) is 159 Å². The Labute approximate surface area is 653 Å². The van der Waals surface area contributed by atoms with E-state index in [0.717, 1.165) is 172 Å². The molecular formula is C104H82N8. The molecule has 538 valence electrons. The van der Waals surface area contributed by atoms with E-state index in [4.69, 9.17) is 0 Å². The number of para-hydroxylation sites is 12. The van der Waals surface area contributed by atoms with E-state index in [1.165, 1.54) is 43.8 Å². The molecule has 8 nitrogen and oxygen atoms in total. The van der Waals surface area contributed by atoms with Gasteiger partial charge in [-0.2, -0.15) is 0 Å². The van der Waals surface area contributed by atoms with Gasteiger partial charge in [0.25, 0.3) is 0 Å². The Bertz CT molecular complexity index is 6020. The van der Waals surface area contributed by atoms with E-state index in [1.54, 1.807) is 0 Å². The van der Waals surface area contributed by atoms with E-state index in [1.807, 2.05) is 0 Å². The smallest absolute Gasteiger partial charge is 0.126 e. The Balaban J connectivity index is 1.04. The number of hydrogen-bond acceptors (Lipinski definition) is 4. The van der Waals surface area contributed by atoms with Crippen molar-refractivity contribution in [1.29, 1.82) is 0 Å². The minimum atomic E-state index is 0.765. The zero-order valence-electron chi connectivity index (χ0n) is 63.2. The van der Waals surface area contributed by atoms with Crippen molar-refractivity contribution in [3.05, 3.63) is 398 Å². The van der Waals surface area contributed by atoms with E-state index in [-0.39, 0.29) is 0 Å². The number of anilines is 12. The summed E-state index contributed by atoms with van der Waals surface area (Å²) in [6.07, 6.45) is 3.06. The summed E-state index contributed by atoms with van der Waals surface area (Å²) < 4.78 is 10.1. The number of rotatable bonds is 20. The molecule has 0 saturated carbocycles. The fraction of sp³-hybridized carbons (Fsp3) is 0.0769. The second-order valence-electron chi connectivity index (χ2n) is 29.0. The minimum absolute atomic E-state index is 0.765. The molecule has 4 aromatic heterocycles. The third-order valence-electron chi connectivity index (χ3n) is 23.0. The third-order valence-corrected chi connectivity index (χ3v) is 23.0. The van der Waals surface area contributed by atoms with E-state index >= 15 is 0 Å². The fourth-order valence-corrected chi connectivity index (χ4v) is 18.3. The normalized spacial score (nSPS) is 11.7. The van der Waals surface area contributed by atoms with Crippen molar-refractivity contribution in [2.75, 3.05) is 19.6 Å². The van der Waals surface area contributed by atoms with Crippen LogP contribution in [0.3, 0.4) is 0 Å². The zero-order chi connectivity index (χ0) is 74.9. The first kappa shape index (κ1) is 67.3. The van der Waals surface area contributed by atoms with Crippen molar-refractivity contribution in [2.45, 2.75) is 53.4 Å². The monoisotopic (exact) mass is 1440 g/mol. The van der Waals surface area contributed by atoms with Gasteiger partial charge in [0.15, 0.2) is 0 Å². The summed E-state index contributed by atoms with van der Waals surface area (Å²) in [5.41, 5.74) is 22.1. The summed E-state index contributed by atoms with van der Waals surface area (Å²) in [5.74, 6) is 4.31. The Kier molecular flexibility index (Phi) is 16.9. The average Bonchev–Trinajstić information content (AvgIpc) is 1.00. The third kappa shape index (κ3) is 10.7. The molecule has 0 aliphatic carbocycles. The molecule has 0 bridgehead atoms. The van der Waals surface area contributed by atoms with Gasteiger partial charge in [0, 0.05) is 122 Å². The highest BCUT2D eigenvalue weighted by Gasteiger charge is 2.36. The Hall–Kier alpha value is -14.1. The lowest BCUT2D eigenvalue weighted by Crippen LogP contribution is -2.20. The predicted molar refractivity (Wildman–Crippen MR) is 474 cm³/mol. The highest BCUT2D eigenvalue weighted by atomic mass is 15.3. The number of benzene rings is 16. The number of hydrogen-bond donors (Lipinski definition) is 0. The van der Waals surface area contributed by atoms with Crippen molar-refractivity contribution in [3.63, 3.8) is 0 Å². The second kappa shape index (κ2) is 28.2. The molecule has 0 saturated heterocycles. The first-order valence-electron chi connectivity index (χ1n) is 39.4. The Morgan fingerprint density at radius 1 is 0.188 bits per heavy atom. The van der Waals surface area contributed by atoms with Crippen LogP contribution in [-0.2, 0) is 25.7 Å². The van der Waals surface area contributed by atoms with Crippen molar-refractivity contribution in [2.24, 2.45) is 0 Å². The molecular weight excluding hydrogens is 1360 g/mol. The average molecular weight is 1440 g/mol. The second-order valence-corrected chi connectivity index (χ2v) is 29.0. The van der Waals surface area contributed by atoms with Gasteiger partial charge < -0.3 is 0 Å². The van der Waals surface area contributed by atoms with Crippen LogP contribution in [0.2, 0.25) is 0 Å². The lowest BCUT2D eigenvalue weighted by molar-refractivity contribution is 1.03. The molecule has 112 heavy (non-hydrogen) atoms. The molecule has 0 aliphatic rings. The number of aromatic nitrogens is 4. The summed E-state index contributed by atoms with van der Waals surface area (Å²) >= 11 is 0. The van der Waals surface area contributed by atoms with Crippen LogP contribution in [0.15, 0.2) is 376 Å². The molecule has 16 aromatic carbocycles. The Morgan fingerprint density at radius 2 is 0.366 bits per heavy atom. The summed E-state index contributed by atoms with van der Waals surface area (Å²) in [7, 11) is 0. The molecule has 20 rings (SSSR count).